The van der Waals surface area contributed by atoms with Crippen LogP contribution in [0.25, 0.3) is 0 Å². The molecule has 0 aliphatic carbocycles. The van der Waals surface area contributed by atoms with E-state index in [1.54, 1.807) is 0 Å². The van der Waals surface area contributed by atoms with Gasteiger partial charge in [-0.1, -0.05) is 20.8 Å². The van der Waals surface area contributed by atoms with Gasteiger partial charge in [0.15, 0.2) is 0 Å². The molecule has 0 unspecified atom stereocenters. The lowest BCUT2D eigenvalue weighted by molar-refractivity contribution is -0.119. The fourth-order valence-electron chi connectivity index (χ4n) is 2.13. The second-order valence-electron chi connectivity index (χ2n) is 5.33. The summed E-state index contributed by atoms with van der Waals surface area (Å²) in [6.45, 7) is 11.2. The topological polar surface area (TPSA) is 65.5 Å². The monoisotopic (exact) mass is 308 g/mol. The van der Waals surface area contributed by atoms with Gasteiger partial charge in [-0.3, -0.25) is 15.6 Å². The Bertz CT molecular complexity index is 582. The van der Waals surface area contributed by atoms with Gasteiger partial charge in [-0.2, -0.15) is 0 Å². The summed E-state index contributed by atoms with van der Waals surface area (Å²) in [4.78, 5) is 15.6. The number of halogens is 1. The lowest BCUT2D eigenvalue weighted by Gasteiger charge is -2.34. The highest BCUT2D eigenvalue weighted by molar-refractivity contribution is 6.00. The molecular formula is C16H25FN4O. The van der Waals surface area contributed by atoms with Gasteiger partial charge in [0.25, 0.3) is 0 Å². The summed E-state index contributed by atoms with van der Waals surface area (Å²) >= 11 is 0. The molecule has 3 N–H and O–H groups in total. The Hall–Kier alpha value is -2.11. The number of aryl methyl sites for hydroxylation is 1. The Balaban J connectivity index is 0.00000116. The second kappa shape index (κ2) is 7.24. The zero-order chi connectivity index (χ0) is 16.9. The molecule has 2 rings (SSSR count). The molecule has 22 heavy (non-hydrogen) atoms. The van der Waals surface area contributed by atoms with Crippen molar-refractivity contribution in [2.24, 2.45) is 4.99 Å². The van der Waals surface area contributed by atoms with Gasteiger partial charge in [-0.25, -0.2) is 9.38 Å². The maximum absolute atomic E-state index is 13.6. The van der Waals surface area contributed by atoms with Crippen molar-refractivity contribution < 1.29 is 9.18 Å². The van der Waals surface area contributed by atoms with Crippen LogP contribution in [0.4, 0.5) is 15.8 Å². The number of aliphatic imine (C=N–C) groups is 1. The summed E-state index contributed by atoms with van der Waals surface area (Å²) in [6, 6.07) is 2.92. The molecule has 0 aromatic heterocycles. The number of amides is 1. The fraction of sp³-hybridized carbons (Fsp3) is 0.500. The van der Waals surface area contributed by atoms with Crippen LogP contribution in [0.5, 0.6) is 0 Å². The molecule has 0 fully saturated rings. The van der Waals surface area contributed by atoms with Crippen LogP contribution in [0.3, 0.4) is 0 Å². The van der Waals surface area contributed by atoms with Crippen molar-refractivity contribution in [3.8, 4) is 0 Å². The maximum atomic E-state index is 13.6. The number of hydrogen-bond acceptors (Lipinski definition) is 4. The van der Waals surface area contributed by atoms with E-state index in [1.807, 2.05) is 34.6 Å². The fourth-order valence-corrected chi connectivity index (χ4v) is 2.13. The zero-order valence-corrected chi connectivity index (χ0v) is 14.1. The number of nitrogens with one attached hydrogen (secondary N) is 3. The Kier molecular flexibility index (Phi) is 5.91. The quantitative estimate of drug-likeness (QED) is 0.698. The second-order valence-corrected chi connectivity index (χ2v) is 5.33. The van der Waals surface area contributed by atoms with E-state index in [4.69, 9.17) is 0 Å². The van der Waals surface area contributed by atoms with Crippen molar-refractivity contribution in [3.63, 3.8) is 0 Å². The average molecular weight is 308 g/mol. The van der Waals surface area contributed by atoms with E-state index in [-0.39, 0.29) is 11.7 Å². The van der Waals surface area contributed by atoms with Crippen LogP contribution in [0.15, 0.2) is 17.1 Å². The number of anilines is 1. The summed E-state index contributed by atoms with van der Waals surface area (Å²) in [5, 5.41) is 3.24. The van der Waals surface area contributed by atoms with Gasteiger partial charge in [-0.15, -0.1) is 0 Å². The summed E-state index contributed by atoms with van der Waals surface area (Å²) in [6.07, 6.45) is 0.680. The minimum Gasteiger partial charge on any atom is -0.371 e. The number of carbonyl (C=O) groups excluding carboxylic acids is 1. The van der Waals surface area contributed by atoms with Gasteiger partial charge >= 0.3 is 0 Å². The van der Waals surface area contributed by atoms with Gasteiger partial charge in [0.05, 0.1) is 16.9 Å². The predicted octanol–water partition coefficient (Wildman–Crippen LogP) is 3.29. The number of hydrogen-bond donors (Lipinski definition) is 3. The molecule has 0 saturated carbocycles. The third kappa shape index (κ3) is 3.96. The van der Waals surface area contributed by atoms with Gasteiger partial charge < -0.3 is 5.32 Å². The van der Waals surface area contributed by atoms with Crippen molar-refractivity contribution in [2.45, 2.75) is 53.5 Å². The zero-order valence-electron chi connectivity index (χ0n) is 14.1. The number of hydrazine groups is 1. The first-order chi connectivity index (χ1) is 10.3. The van der Waals surface area contributed by atoms with E-state index in [0.29, 0.717) is 23.6 Å². The van der Waals surface area contributed by atoms with E-state index >= 15 is 0 Å². The molecule has 1 heterocycles. The van der Waals surface area contributed by atoms with Gasteiger partial charge in [0.1, 0.15) is 11.7 Å². The van der Waals surface area contributed by atoms with E-state index in [0.717, 1.165) is 5.56 Å². The lowest BCUT2D eigenvalue weighted by Crippen LogP contribution is -2.54. The standard InChI is InChI=1S/C14H19FN4O.C2H6/c1-5-9-6-10(15)7-11-12(9)16-13(14(3,4)17-11)19-18-8(2)20;1-2/h6-7,17H,5H2,1-4H3,(H,16,19)(H,18,20);1-2H3. The highest BCUT2D eigenvalue weighted by Crippen LogP contribution is 2.37. The van der Waals surface area contributed by atoms with Crippen molar-refractivity contribution in [1.29, 1.82) is 0 Å². The van der Waals surface area contributed by atoms with Crippen LogP contribution in [-0.4, -0.2) is 17.3 Å². The SMILES string of the molecule is CC.CCc1cc(F)cc2c1N=C(NNC(C)=O)C(C)(C)N2. The molecule has 1 amide bonds. The van der Waals surface area contributed by atoms with Crippen molar-refractivity contribution in [2.75, 3.05) is 5.32 Å². The summed E-state index contributed by atoms with van der Waals surface area (Å²) in [7, 11) is 0. The van der Waals surface area contributed by atoms with Crippen molar-refractivity contribution in [3.05, 3.63) is 23.5 Å². The first-order valence-electron chi connectivity index (χ1n) is 7.56. The van der Waals surface area contributed by atoms with Gasteiger partial charge in [0, 0.05) is 6.92 Å². The Labute approximate surface area is 131 Å². The smallest absolute Gasteiger partial charge is 0.235 e. The third-order valence-corrected chi connectivity index (χ3v) is 3.15. The summed E-state index contributed by atoms with van der Waals surface area (Å²) in [5.74, 6) is 0.1000. The Morgan fingerprint density at radius 1 is 1.36 bits per heavy atom. The molecule has 0 spiro atoms. The molecule has 0 bridgehead atoms. The molecule has 0 atom stereocenters. The van der Waals surface area contributed by atoms with Crippen LogP contribution in [-0.2, 0) is 11.2 Å². The van der Waals surface area contributed by atoms with Gasteiger partial charge in [-0.05, 0) is 38.0 Å². The van der Waals surface area contributed by atoms with Crippen LogP contribution in [0.1, 0.15) is 47.1 Å². The van der Waals surface area contributed by atoms with Crippen molar-refractivity contribution in [1.82, 2.24) is 10.9 Å². The molecule has 1 aromatic carbocycles. The Morgan fingerprint density at radius 3 is 2.55 bits per heavy atom. The molecule has 1 aliphatic heterocycles. The van der Waals surface area contributed by atoms with Crippen LogP contribution in [0.2, 0.25) is 0 Å². The highest BCUT2D eigenvalue weighted by atomic mass is 19.1. The van der Waals surface area contributed by atoms with Crippen molar-refractivity contribution >= 4 is 23.1 Å². The number of amidine groups is 1. The molecule has 1 aliphatic rings. The Morgan fingerprint density at radius 2 is 2.00 bits per heavy atom. The van der Waals surface area contributed by atoms with Gasteiger partial charge in [0.2, 0.25) is 5.91 Å². The van der Waals surface area contributed by atoms with Crippen LogP contribution < -0.4 is 16.2 Å². The molecule has 0 radical (unpaired) electrons. The number of rotatable bonds is 1. The number of benzene rings is 1. The van der Waals surface area contributed by atoms with Crippen LogP contribution in [0, 0.1) is 5.82 Å². The van der Waals surface area contributed by atoms with E-state index in [9.17, 15) is 9.18 Å². The molecule has 0 saturated heterocycles. The first kappa shape index (κ1) is 17.9. The molecule has 122 valence electrons. The molecule has 1 aromatic rings. The maximum Gasteiger partial charge on any atom is 0.235 e. The van der Waals surface area contributed by atoms with Crippen LogP contribution >= 0.6 is 0 Å². The predicted molar refractivity (Wildman–Crippen MR) is 88.9 cm³/mol. The normalized spacial score (nSPS) is 14.6. The third-order valence-electron chi connectivity index (χ3n) is 3.15. The molecule has 6 heteroatoms. The van der Waals surface area contributed by atoms with E-state index in [2.05, 4.69) is 21.2 Å². The number of nitrogens with zero attached hydrogens (tertiary/aromatic N) is 1. The minimum absolute atomic E-state index is 0.205. The average Bonchev–Trinajstić information content (AvgIpc) is 2.45. The lowest BCUT2D eigenvalue weighted by atomic mass is 9.98. The number of fused-ring (bicyclic) bond motifs is 1. The minimum atomic E-state index is -0.533. The summed E-state index contributed by atoms with van der Waals surface area (Å²) in [5.41, 5.74) is 7.00. The molecule has 5 nitrogen and oxygen atoms in total. The number of carbonyl (C=O) groups is 1. The first-order valence-corrected chi connectivity index (χ1v) is 7.56. The highest BCUT2D eigenvalue weighted by Gasteiger charge is 2.31. The van der Waals surface area contributed by atoms with E-state index in [1.165, 1.54) is 19.1 Å². The van der Waals surface area contributed by atoms with E-state index < -0.39 is 5.54 Å². The largest absolute Gasteiger partial charge is 0.371 e. The summed E-state index contributed by atoms with van der Waals surface area (Å²) < 4.78 is 13.6. The molecular weight excluding hydrogens is 283 g/mol.